The van der Waals surface area contributed by atoms with Crippen LogP contribution >= 0.6 is 0 Å². The number of esters is 1. The molecular formula is C19H34N6O10. The molecule has 0 radical (unpaired) electrons. The molecule has 0 aromatic heterocycles. The fourth-order valence-electron chi connectivity index (χ4n) is 2.39. The fourth-order valence-corrected chi connectivity index (χ4v) is 2.39. The molecular weight excluding hydrogens is 472 g/mol. The molecule has 0 bridgehead atoms. The summed E-state index contributed by atoms with van der Waals surface area (Å²) < 4.78 is 4.38. The van der Waals surface area contributed by atoms with Crippen molar-refractivity contribution in [2.45, 2.75) is 38.5 Å². The Kier molecular flexibility index (Phi) is 16.3. The highest BCUT2D eigenvalue weighted by Crippen LogP contribution is 1.96. The van der Waals surface area contributed by atoms with Crippen molar-refractivity contribution in [1.29, 1.82) is 0 Å². The van der Waals surface area contributed by atoms with Gasteiger partial charge in [-0.3, -0.25) is 44.4 Å². The van der Waals surface area contributed by atoms with Crippen LogP contribution in [0.25, 0.3) is 0 Å². The molecule has 0 aliphatic carbocycles. The third-order valence-corrected chi connectivity index (χ3v) is 4.40. The van der Waals surface area contributed by atoms with Gasteiger partial charge in [-0.25, -0.2) is 15.2 Å². The van der Waals surface area contributed by atoms with E-state index in [1.807, 2.05) is 0 Å². The first kappa shape index (κ1) is 31.7. The van der Waals surface area contributed by atoms with E-state index in [1.165, 1.54) is 7.11 Å². The van der Waals surface area contributed by atoms with E-state index in [9.17, 15) is 44.4 Å². The number of rotatable bonds is 17. The standard InChI is InChI=1S/C19H34N6O10/c1-35-19(31)7-13-25(34)18(30)4-10-22-15(27)6-12-24(33)17(29)3-9-21-14(26)5-11-23(32)16(28)2-8-20/h32-34H,2-13,20H2,1H3,(H,21,26)(H,22,27). The number of methoxy groups -OCH3 is 1. The van der Waals surface area contributed by atoms with Crippen LogP contribution < -0.4 is 16.4 Å². The summed E-state index contributed by atoms with van der Waals surface area (Å²) in [7, 11) is 1.17. The molecule has 7 N–H and O–H groups in total. The fraction of sp³-hybridized carbons (Fsp3) is 0.684. The Morgan fingerprint density at radius 2 is 1.03 bits per heavy atom. The first-order valence-corrected chi connectivity index (χ1v) is 10.8. The monoisotopic (exact) mass is 506 g/mol. The molecule has 0 atom stereocenters. The van der Waals surface area contributed by atoms with Crippen LogP contribution in [-0.4, -0.2) is 113 Å². The Balaban J connectivity index is 4.01. The van der Waals surface area contributed by atoms with Crippen LogP contribution in [0.5, 0.6) is 0 Å². The molecule has 0 saturated carbocycles. The van der Waals surface area contributed by atoms with Gasteiger partial charge in [0, 0.05) is 51.7 Å². The lowest BCUT2D eigenvalue weighted by molar-refractivity contribution is -0.167. The average Bonchev–Trinajstić information content (AvgIpc) is 2.83. The summed E-state index contributed by atoms with van der Waals surface area (Å²) in [4.78, 5) is 69.3. The van der Waals surface area contributed by atoms with Crippen LogP contribution in [-0.2, 0) is 33.5 Å². The molecule has 0 heterocycles. The summed E-state index contributed by atoms with van der Waals surface area (Å²) >= 11 is 0. The Labute approximate surface area is 201 Å². The van der Waals surface area contributed by atoms with Crippen molar-refractivity contribution < 1.29 is 49.1 Å². The third kappa shape index (κ3) is 15.2. The number of hydroxylamine groups is 6. The summed E-state index contributed by atoms with van der Waals surface area (Å²) in [5.41, 5.74) is 5.19. The number of hydrogen-bond acceptors (Lipinski definition) is 11. The minimum absolute atomic E-state index is 0.0607. The first-order chi connectivity index (χ1) is 16.5. The molecule has 0 unspecified atom stereocenters. The molecule has 0 saturated heterocycles. The van der Waals surface area contributed by atoms with E-state index < -0.39 is 35.5 Å². The number of amides is 5. The molecule has 0 rings (SSSR count). The lowest BCUT2D eigenvalue weighted by Gasteiger charge is -2.16. The highest BCUT2D eigenvalue weighted by molar-refractivity contribution is 5.81. The van der Waals surface area contributed by atoms with Crippen LogP contribution in [0.1, 0.15) is 38.5 Å². The van der Waals surface area contributed by atoms with Crippen LogP contribution in [0.15, 0.2) is 0 Å². The Morgan fingerprint density at radius 3 is 1.40 bits per heavy atom. The third-order valence-electron chi connectivity index (χ3n) is 4.40. The molecule has 200 valence electrons. The molecule has 0 aromatic carbocycles. The van der Waals surface area contributed by atoms with E-state index >= 15 is 0 Å². The lowest BCUT2D eigenvalue weighted by Crippen LogP contribution is -2.37. The summed E-state index contributed by atoms with van der Waals surface area (Å²) in [6.07, 6.45) is -1.21. The van der Waals surface area contributed by atoms with Crippen molar-refractivity contribution in [1.82, 2.24) is 25.8 Å². The van der Waals surface area contributed by atoms with Gasteiger partial charge in [0.25, 0.3) is 0 Å². The number of carbonyl (C=O) groups excluding carboxylic acids is 6. The van der Waals surface area contributed by atoms with Gasteiger partial charge in [0.2, 0.25) is 29.5 Å². The summed E-state index contributed by atoms with van der Waals surface area (Å²) in [6, 6.07) is 0. The van der Waals surface area contributed by atoms with Gasteiger partial charge in [0.1, 0.15) is 0 Å². The van der Waals surface area contributed by atoms with Gasteiger partial charge >= 0.3 is 5.97 Å². The van der Waals surface area contributed by atoms with Crippen LogP contribution in [0.2, 0.25) is 0 Å². The van der Waals surface area contributed by atoms with Crippen LogP contribution in [0, 0.1) is 0 Å². The normalized spacial score (nSPS) is 10.2. The molecule has 0 spiro atoms. The topological polar surface area (TPSA) is 232 Å². The second-order valence-electron chi connectivity index (χ2n) is 7.12. The lowest BCUT2D eigenvalue weighted by atomic mass is 10.3. The first-order valence-electron chi connectivity index (χ1n) is 10.8. The summed E-state index contributed by atoms with van der Waals surface area (Å²) in [5.74, 6) is -3.77. The van der Waals surface area contributed by atoms with E-state index in [2.05, 4.69) is 15.4 Å². The van der Waals surface area contributed by atoms with Crippen molar-refractivity contribution in [3.8, 4) is 0 Å². The number of nitrogens with two attached hydrogens (primary N) is 1. The smallest absolute Gasteiger partial charge is 0.307 e. The number of nitrogens with one attached hydrogen (secondary N) is 2. The number of carbonyl (C=O) groups is 6. The zero-order chi connectivity index (χ0) is 26.8. The average molecular weight is 507 g/mol. The van der Waals surface area contributed by atoms with Crippen molar-refractivity contribution in [2.75, 3.05) is 46.4 Å². The molecule has 16 nitrogen and oxygen atoms in total. The van der Waals surface area contributed by atoms with Gasteiger partial charge in [-0.15, -0.1) is 0 Å². The molecule has 0 aromatic rings. The Bertz CT molecular complexity index is 735. The quantitative estimate of drug-likeness (QED) is 0.0677. The van der Waals surface area contributed by atoms with Gasteiger partial charge in [-0.1, -0.05) is 0 Å². The summed E-state index contributed by atoms with van der Waals surface area (Å²) in [5, 5.41) is 34.4. The van der Waals surface area contributed by atoms with Crippen molar-refractivity contribution in [3.05, 3.63) is 0 Å². The van der Waals surface area contributed by atoms with Crippen LogP contribution in [0.4, 0.5) is 0 Å². The SMILES string of the molecule is COC(=O)CCN(O)C(=O)CCNC(=O)CCN(O)C(=O)CCNC(=O)CCN(O)C(=O)CCN. The van der Waals surface area contributed by atoms with E-state index in [-0.39, 0.29) is 77.8 Å². The molecule has 0 fully saturated rings. The van der Waals surface area contributed by atoms with Crippen molar-refractivity contribution in [2.24, 2.45) is 5.73 Å². The van der Waals surface area contributed by atoms with Gasteiger partial charge in [0.05, 0.1) is 33.2 Å². The molecule has 0 aliphatic rings. The summed E-state index contributed by atoms with van der Waals surface area (Å²) in [6.45, 7) is -0.989. The highest BCUT2D eigenvalue weighted by Gasteiger charge is 2.16. The van der Waals surface area contributed by atoms with E-state index in [1.54, 1.807) is 0 Å². The maximum Gasteiger partial charge on any atom is 0.307 e. The van der Waals surface area contributed by atoms with Gasteiger partial charge < -0.3 is 21.1 Å². The minimum Gasteiger partial charge on any atom is -0.469 e. The Hall–Kier alpha value is -3.34. The minimum atomic E-state index is -0.753. The van der Waals surface area contributed by atoms with Crippen molar-refractivity contribution in [3.63, 3.8) is 0 Å². The van der Waals surface area contributed by atoms with Gasteiger partial charge in [0.15, 0.2) is 0 Å². The zero-order valence-corrected chi connectivity index (χ0v) is 19.6. The van der Waals surface area contributed by atoms with Gasteiger partial charge in [-0.2, -0.15) is 0 Å². The van der Waals surface area contributed by atoms with E-state index in [4.69, 9.17) is 5.73 Å². The number of hydrogen-bond donors (Lipinski definition) is 6. The highest BCUT2D eigenvalue weighted by atomic mass is 16.5. The predicted octanol–water partition coefficient (Wildman–Crippen LogP) is -2.66. The zero-order valence-electron chi connectivity index (χ0n) is 19.6. The number of ether oxygens (including phenoxy) is 1. The van der Waals surface area contributed by atoms with Crippen LogP contribution in [0.3, 0.4) is 0 Å². The van der Waals surface area contributed by atoms with E-state index in [0.717, 1.165) is 0 Å². The van der Waals surface area contributed by atoms with Gasteiger partial charge in [-0.05, 0) is 0 Å². The number of nitrogens with zero attached hydrogens (tertiary/aromatic N) is 3. The molecule has 35 heavy (non-hydrogen) atoms. The molecule has 5 amide bonds. The largest absolute Gasteiger partial charge is 0.469 e. The molecule has 16 heteroatoms. The second kappa shape index (κ2) is 18.0. The maximum atomic E-state index is 11.9. The maximum absolute atomic E-state index is 11.9. The second-order valence-corrected chi connectivity index (χ2v) is 7.12. The van der Waals surface area contributed by atoms with E-state index in [0.29, 0.717) is 15.2 Å². The predicted molar refractivity (Wildman–Crippen MR) is 115 cm³/mol. The Morgan fingerprint density at radius 1 is 0.657 bits per heavy atom. The van der Waals surface area contributed by atoms with Crippen molar-refractivity contribution >= 4 is 35.5 Å². The molecule has 0 aliphatic heterocycles.